The van der Waals surface area contributed by atoms with Gasteiger partial charge in [-0.3, -0.25) is 4.99 Å². The van der Waals surface area contributed by atoms with Gasteiger partial charge in [0.2, 0.25) is 0 Å². The van der Waals surface area contributed by atoms with Gasteiger partial charge in [0.05, 0.1) is 23.8 Å². The minimum absolute atomic E-state index is 0. The zero-order valence-electron chi connectivity index (χ0n) is 13.3. The Bertz CT molecular complexity index is 607. The number of hydrogen-bond donors (Lipinski definition) is 1. The van der Waals surface area contributed by atoms with E-state index in [1.54, 1.807) is 24.7 Å². The number of aryl methyl sites for hydroxylation is 2. The Morgan fingerprint density at radius 2 is 2.27 bits per heavy atom. The van der Waals surface area contributed by atoms with E-state index >= 15 is 0 Å². The van der Waals surface area contributed by atoms with Gasteiger partial charge in [-0.1, -0.05) is 0 Å². The molecule has 7 nitrogen and oxygen atoms in total. The van der Waals surface area contributed by atoms with Gasteiger partial charge in [0, 0.05) is 26.0 Å². The Morgan fingerprint density at radius 3 is 2.86 bits per heavy atom. The van der Waals surface area contributed by atoms with Crippen LogP contribution in [-0.4, -0.2) is 44.7 Å². The van der Waals surface area contributed by atoms with Crippen LogP contribution in [0.3, 0.4) is 0 Å². The molecule has 0 radical (unpaired) electrons. The summed E-state index contributed by atoms with van der Waals surface area (Å²) < 4.78 is 2.00. The lowest BCUT2D eigenvalue weighted by Gasteiger charge is -2.21. The van der Waals surface area contributed by atoms with E-state index in [1.165, 1.54) is 0 Å². The fourth-order valence-electron chi connectivity index (χ4n) is 2.02. The molecular weight excluding hydrogens is 413 g/mol. The van der Waals surface area contributed by atoms with Crippen molar-refractivity contribution in [1.82, 2.24) is 30.0 Å². The quantitative estimate of drug-likeness (QED) is 0.441. The summed E-state index contributed by atoms with van der Waals surface area (Å²) in [6, 6.07) is 0. The summed E-state index contributed by atoms with van der Waals surface area (Å²) in [5, 5.41) is 14.5. The van der Waals surface area contributed by atoms with Crippen LogP contribution in [0.25, 0.3) is 0 Å². The van der Waals surface area contributed by atoms with Gasteiger partial charge in [-0.2, -0.15) is 0 Å². The van der Waals surface area contributed by atoms with Crippen LogP contribution < -0.4 is 5.32 Å². The number of nitrogens with zero attached hydrogens (tertiary/aromatic N) is 6. The highest BCUT2D eigenvalue weighted by Gasteiger charge is 2.10. The van der Waals surface area contributed by atoms with Gasteiger partial charge in [-0.05, 0) is 13.8 Å². The highest BCUT2D eigenvalue weighted by molar-refractivity contribution is 14.0. The van der Waals surface area contributed by atoms with Crippen LogP contribution in [-0.2, 0) is 19.6 Å². The second-order valence-corrected chi connectivity index (χ2v) is 5.71. The third-order valence-corrected chi connectivity index (χ3v) is 3.90. The summed E-state index contributed by atoms with van der Waals surface area (Å²) in [6.07, 6.45) is 1.74. The van der Waals surface area contributed by atoms with Crippen molar-refractivity contribution in [2.75, 3.05) is 14.1 Å². The van der Waals surface area contributed by atoms with Crippen molar-refractivity contribution in [2.24, 2.45) is 4.99 Å². The van der Waals surface area contributed by atoms with Gasteiger partial charge in [0.15, 0.2) is 11.8 Å². The summed E-state index contributed by atoms with van der Waals surface area (Å²) in [5.41, 5.74) is 1.06. The molecule has 0 fully saturated rings. The molecule has 0 spiro atoms. The van der Waals surface area contributed by atoms with Crippen molar-refractivity contribution in [3.05, 3.63) is 28.2 Å². The number of thiazole rings is 1. The van der Waals surface area contributed by atoms with Gasteiger partial charge in [-0.15, -0.1) is 45.5 Å². The Kier molecular flexibility index (Phi) is 7.73. The molecule has 0 saturated heterocycles. The van der Waals surface area contributed by atoms with E-state index in [1.807, 2.05) is 23.4 Å². The number of halogens is 1. The maximum absolute atomic E-state index is 4.47. The summed E-state index contributed by atoms with van der Waals surface area (Å²) in [6.45, 7) is 6.26. The van der Waals surface area contributed by atoms with E-state index in [4.69, 9.17) is 0 Å². The lowest BCUT2D eigenvalue weighted by molar-refractivity contribution is 0.468. The zero-order chi connectivity index (χ0) is 15.2. The lowest BCUT2D eigenvalue weighted by Crippen LogP contribution is -2.38. The molecule has 9 heteroatoms. The Balaban J connectivity index is 0.00000242. The minimum Gasteiger partial charge on any atom is -0.349 e. The summed E-state index contributed by atoms with van der Waals surface area (Å²) >= 11 is 1.66. The van der Waals surface area contributed by atoms with Crippen molar-refractivity contribution in [1.29, 1.82) is 0 Å². The monoisotopic (exact) mass is 435 g/mol. The standard InChI is InChI=1S/C13H21N7S.HI/c1-5-20-9-16-18-12(20)6-15-13(14-3)19(4)7-11-8-21-10(2)17-11;/h8-9H,5-7H2,1-4H3,(H,14,15);1H. The number of guanidine groups is 1. The van der Waals surface area contributed by atoms with Crippen molar-refractivity contribution < 1.29 is 0 Å². The Labute approximate surface area is 151 Å². The Hall–Kier alpha value is -1.23. The van der Waals surface area contributed by atoms with Gasteiger partial charge in [-0.25, -0.2) is 4.98 Å². The largest absolute Gasteiger partial charge is 0.349 e. The molecule has 0 aliphatic carbocycles. The van der Waals surface area contributed by atoms with E-state index in [-0.39, 0.29) is 24.0 Å². The van der Waals surface area contributed by atoms with E-state index < -0.39 is 0 Å². The molecule has 2 aromatic rings. The van der Waals surface area contributed by atoms with Crippen LogP contribution >= 0.6 is 35.3 Å². The van der Waals surface area contributed by atoms with E-state index in [2.05, 4.69) is 37.8 Å². The van der Waals surface area contributed by atoms with Crippen LogP contribution in [0, 0.1) is 6.92 Å². The fourth-order valence-corrected chi connectivity index (χ4v) is 2.63. The maximum Gasteiger partial charge on any atom is 0.194 e. The zero-order valence-corrected chi connectivity index (χ0v) is 16.4. The lowest BCUT2D eigenvalue weighted by atomic mass is 10.4. The molecule has 0 aliphatic rings. The predicted molar refractivity (Wildman–Crippen MR) is 99.6 cm³/mol. The molecule has 122 valence electrons. The van der Waals surface area contributed by atoms with Crippen LogP contribution in [0.1, 0.15) is 23.4 Å². The van der Waals surface area contributed by atoms with Crippen molar-refractivity contribution in [3.63, 3.8) is 0 Å². The molecular formula is C13H22IN7S. The smallest absolute Gasteiger partial charge is 0.194 e. The molecule has 0 amide bonds. The normalized spacial score (nSPS) is 11.2. The first kappa shape index (κ1) is 18.8. The first-order valence-electron chi connectivity index (χ1n) is 6.83. The van der Waals surface area contributed by atoms with Gasteiger partial charge in [0.25, 0.3) is 0 Å². The predicted octanol–water partition coefficient (Wildman–Crippen LogP) is 1.89. The fraction of sp³-hybridized carbons (Fsp3) is 0.538. The molecule has 2 rings (SSSR count). The molecule has 2 heterocycles. The van der Waals surface area contributed by atoms with E-state index in [0.717, 1.165) is 35.6 Å². The topological polar surface area (TPSA) is 71.2 Å². The minimum atomic E-state index is 0. The van der Waals surface area contributed by atoms with Gasteiger partial charge >= 0.3 is 0 Å². The summed E-state index contributed by atoms with van der Waals surface area (Å²) in [5.74, 6) is 1.71. The van der Waals surface area contributed by atoms with Crippen LogP contribution in [0.5, 0.6) is 0 Å². The van der Waals surface area contributed by atoms with Crippen LogP contribution in [0.4, 0.5) is 0 Å². The Morgan fingerprint density at radius 1 is 1.50 bits per heavy atom. The van der Waals surface area contributed by atoms with Gasteiger partial charge in [0.1, 0.15) is 6.33 Å². The van der Waals surface area contributed by atoms with Crippen molar-refractivity contribution in [3.8, 4) is 0 Å². The average molecular weight is 435 g/mol. The summed E-state index contributed by atoms with van der Waals surface area (Å²) in [7, 11) is 3.77. The van der Waals surface area contributed by atoms with E-state index in [9.17, 15) is 0 Å². The third-order valence-electron chi connectivity index (χ3n) is 3.08. The van der Waals surface area contributed by atoms with Crippen LogP contribution in [0.2, 0.25) is 0 Å². The molecule has 0 saturated carbocycles. The first-order valence-corrected chi connectivity index (χ1v) is 7.71. The molecule has 2 aromatic heterocycles. The second kappa shape index (κ2) is 9.03. The first-order chi connectivity index (χ1) is 10.1. The van der Waals surface area contributed by atoms with E-state index in [0.29, 0.717) is 6.54 Å². The maximum atomic E-state index is 4.47. The number of nitrogens with one attached hydrogen (secondary N) is 1. The molecule has 22 heavy (non-hydrogen) atoms. The molecule has 0 atom stereocenters. The second-order valence-electron chi connectivity index (χ2n) is 4.65. The molecule has 0 unspecified atom stereocenters. The number of rotatable bonds is 5. The third kappa shape index (κ3) is 4.90. The SMILES string of the molecule is CCn1cnnc1CNC(=NC)N(C)Cc1csc(C)n1.I. The number of aliphatic imine (C=N–C) groups is 1. The molecule has 1 N–H and O–H groups in total. The molecule has 0 aromatic carbocycles. The highest BCUT2D eigenvalue weighted by atomic mass is 127. The van der Waals surface area contributed by atoms with Gasteiger partial charge < -0.3 is 14.8 Å². The van der Waals surface area contributed by atoms with Crippen molar-refractivity contribution >= 4 is 41.3 Å². The molecule has 0 bridgehead atoms. The van der Waals surface area contributed by atoms with Crippen molar-refractivity contribution in [2.45, 2.75) is 33.5 Å². The van der Waals surface area contributed by atoms with Crippen LogP contribution in [0.15, 0.2) is 16.7 Å². The average Bonchev–Trinajstić information content (AvgIpc) is 3.08. The highest BCUT2D eigenvalue weighted by Crippen LogP contribution is 2.09. The molecule has 0 aliphatic heterocycles. The number of hydrogen-bond acceptors (Lipinski definition) is 5. The number of aromatic nitrogens is 4. The summed E-state index contributed by atoms with van der Waals surface area (Å²) in [4.78, 5) is 10.8.